The highest BCUT2D eigenvalue weighted by Gasteiger charge is 2.52. The number of esters is 1. The largest absolute Gasteiger partial charge is 0.494 e. The van der Waals surface area contributed by atoms with Crippen LogP contribution in [0.15, 0.2) is 63.8 Å². The highest BCUT2D eigenvalue weighted by molar-refractivity contribution is 5.87. The SMILES string of the molecule is C=C(C)C(=O)OCCC(F)(F)OC(F)(F)OC(F)(F)CCOc1ccc2cc(-c3ccc(CCCCC)cc3C(F)(F)F)c(=O)oc2c1. The van der Waals surface area contributed by atoms with Crippen molar-refractivity contribution in [3.05, 3.63) is 76.2 Å². The smallest absolute Gasteiger partial charge is 0.493 e. The van der Waals surface area contributed by atoms with Crippen LogP contribution in [0.1, 0.15) is 57.1 Å². The Morgan fingerprint density at radius 1 is 0.833 bits per heavy atom. The van der Waals surface area contributed by atoms with Gasteiger partial charge in [-0.15, -0.1) is 8.78 Å². The van der Waals surface area contributed by atoms with E-state index in [1.165, 1.54) is 31.2 Å². The van der Waals surface area contributed by atoms with Crippen LogP contribution in [0.2, 0.25) is 0 Å². The van der Waals surface area contributed by atoms with E-state index in [1.807, 2.05) is 6.92 Å². The van der Waals surface area contributed by atoms with Gasteiger partial charge in [-0.3, -0.25) is 0 Å². The fourth-order valence-corrected chi connectivity index (χ4v) is 4.31. The van der Waals surface area contributed by atoms with E-state index in [0.717, 1.165) is 31.0 Å². The molecular weight excluding hydrogens is 667 g/mol. The van der Waals surface area contributed by atoms with Crippen molar-refractivity contribution in [2.45, 2.75) is 77.1 Å². The summed E-state index contributed by atoms with van der Waals surface area (Å²) in [4.78, 5) is 23.9. The molecule has 16 heteroatoms. The minimum Gasteiger partial charge on any atom is -0.493 e. The second-order valence-electron chi connectivity index (χ2n) is 10.7. The van der Waals surface area contributed by atoms with Crippen LogP contribution in [0.3, 0.4) is 0 Å². The number of unbranched alkanes of at least 4 members (excludes halogenated alkanes) is 2. The molecule has 2 aromatic carbocycles. The Labute approximate surface area is 268 Å². The zero-order valence-electron chi connectivity index (χ0n) is 25.7. The molecule has 0 aliphatic rings. The summed E-state index contributed by atoms with van der Waals surface area (Å²) in [5.74, 6) is -1.29. The number of rotatable bonds is 17. The predicted octanol–water partition coefficient (Wildman–Crippen LogP) is 9.26. The Balaban J connectivity index is 1.67. The highest BCUT2D eigenvalue weighted by Crippen LogP contribution is 2.39. The number of carbonyl (C=O) groups excluding carboxylic acids is 1. The quantitative estimate of drug-likeness (QED) is 0.0347. The molecule has 0 saturated heterocycles. The van der Waals surface area contributed by atoms with Gasteiger partial charge in [-0.25, -0.2) is 19.1 Å². The molecule has 0 spiro atoms. The van der Waals surface area contributed by atoms with Gasteiger partial charge in [-0.2, -0.15) is 30.7 Å². The molecule has 0 unspecified atom stereocenters. The predicted molar refractivity (Wildman–Crippen MR) is 154 cm³/mol. The molecule has 0 aliphatic carbocycles. The molecule has 3 rings (SSSR count). The average molecular weight is 699 g/mol. The van der Waals surface area contributed by atoms with Gasteiger partial charge in [0.25, 0.3) is 0 Å². The first kappa shape index (κ1) is 38.4. The van der Waals surface area contributed by atoms with Gasteiger partial charge in [0, 0.05) is 22.6 Å². The first-order valence-electron chi connectivity index (χ1n) is 14.5. The lowest BCUT2D eigenvalue weighted by molar-refractivity contribution is -0.514. The molecule has 0 fully saturated rings. The molecule has 1 heterocycles. The van der Waals surface area contributed by atoms with Gasteiger partial charge in [0.2, 0.25) is 0 Å². The standard InChI is InChI=1S/C32H31F9O7/c1-4-5-6-7-20-8-11-23(25(16-20)31(37,38)39)24-17-21-9-10-22(18-26(21)46-28(24)43)44-14-12-29(33,34)47-32(40,41)48-30(35,36)13-15-45-27(42)19(2)3/h8-11,16-18H,2,4-7,12-15H2,1,3H3. The summed E-state index contributed by atoms with van der Waals surface area (Å²) in [7, 11) is 0. The molecule has 0 amide bonds. The van der Waals surface area contributed by atoms with Crippen molar-refractivity contribution in [2.24, 2.45) is 0 Å². The third-order valence-corrected chi connectivity index (χ3v) is 6.63. The van der Waals surface area contributed by atoms with Crippen molar-refractivity contribution in [3.8, 4) is 16.9 Å². The van der Waals surface area contributed by atoms with Crippen molar-refractivity contribution >= 4 is 16.9 Å². The van der Waals surface area contributed by atoms with Crippen LogP contribution in [0.25, 0.3) is 22.1 Å². The first-order valence-corrected chi connectivity index (χ1v) is 14.5. The van der Waals surface area contributed by atoms with E-state index in [-0.39, 0.29) is 27.9 Å². The van der Waals surface area contributed by atoms with Crippen molar-refractivity contribution in [2.75, 3.05) is 13.2 Å². The first-order chi connectivity index (χ1) is 22.2. The van der Waals surface area contributed by atoms with Crippen LogP contribution in [-0.4, -0.2) is 37.7 Å². The van der Waals surface area contributed by atoms with Gasteiger partial charge in [0.1, 0.15) is 11.3 Å². The van der Waals surface area contributed by atoms with Gasteiger partial charge >= 0.3 is 36.3 Å². The van der Waals surface area contributed by atoms with E-state index in [4.69, 9.17) is 9.15 Å². The van der Waals surface area contributed by atoms with Crippen LogP contribution in [0.4, 0.5) is 39.5 Å². The summed E-state index contributed by atoms with van der Waals surface area (Å²) in [6, 6.07) is 8.35. The van der Waals surface area contributed by atoms with Gasteiger partial charge in [-0.1, -0.05) is 38.5 Å². The molecule has 7 nitrogen and oxygen atoms in total. The molecule has 3 aromatic rings. The number of benzene rings is 2. The summed E-state index contributed by atoms with van der Waals surface area (Å²) >= 11 is 0. The monoisotopic (exact) mass is 698 g/mol. The zero-order chi connectivity index (χ0) is 35.9. The molecule has 0 atom stereocenters. The number of carbonyl (C=O) groups is 1. The lowest BCUT2D eigenvalue weighted by Gasteiger charge is -2.26. The van der Waals surface area contributed by atoms with Crippen LogP contribution in [-0.2, 0) is 31.6 Å². The lowest BCUT2D eigenvalue weighted by Crippen LogP contribution is -2.41. The van der Waals surface area contributed by atoms with Crippen molar-refractivity contribution < 1.29 is 67.7 Å². The number of hydrogen-bond donors (Lipinski definition) is 0. The summed E-state index contributed by atoms with van der Waals surface area (Å²) in [5.41, 5.74) is -2.81. The number of halogens is 9. The minimum absolute atomic E-state index is 0.151. The fourth-order valence-electron chi connectivity index (χ4n) is 4.31. The molecule has 264 valence electrons. The molecule has 48 heavy (non-hydrogen) atoms. The van der Waals surface area contributed by atoms with Gasteiger partial charge in [0.15, 0.2) is 0 Å². The topological polar surface area (TPSA) is 84.2 Å². The maximum atomic E-state index is 14.0. The summed E-state index contributed by atoms with van der Waals surface area (Å²) < 4.78 is 146. The van der Waals surface area contributed by atoms with E-state index in [0.29, 0.717) is 18.4 Å². The van der Waals surface area contributed by atoms with Gasteiger partial charge in [0.05, 0.1) is 37.2 Å². The molecular formula is C32H31F9O7. The molecule has 0 radical (unpaired) electrons. The normalized spacial score (nSPS) is 12.7. The Bertz CT molecular complexity index is 1650. The number of alkyl halides is 9. The second-order valence-corrected chi connectivity index (χ2v) is 10.7. The number of fused-ring (bicyclic) bond motifs is 1. The van der Waals surface area contributed by atoms with E-state index < -0.39 is 73.5 Å². The maximum Gasteiger partial charge on any atom is 0.494 e. The van der Waals surface area contributed by atoms with E-state index >= 15 is 0 Å². The van der Waals surface area contributed by atoms with Crippen LogP contribution in [0, 0.1) is 0 Å². The third kappa shape index (κ3) is 11.3. The molecule has 0 saturated carbocycles. The lowest BCUT2D eigenvalue weighted by atomic mass is 9.95. The number of hydrogen-bond acceptors (Lipinski definition) is 7. The maximum absolute atomic E-state index is 14.0. The van der Waals surface area contributed by atoms with Crippen LogP contribution in [0.5, 0.6) is 5.75 Å². The Kier molecular flexibility index (Phi) is 12.4. The third-order valence-electron chi connectivity index (χ3n) is 6.63. The molecule has 0 aliphatic heterocycles. The van der Waals surface area contributed by atoms with Gasteiger partial charge < -0.3 is 13.9 Å². The number of ether oxygens (including phenoxy) is 4. The highest BCUT2D eigenvalue weighted by atomic mass is 19.4. The summed E-state index contributed by atoms with van der Waals surface area (Å²) in [5, 5.41) is 0.151. The Morgan fingerprint density at radius 3 is 2.08 bits per heavy atom. The summed E-state index contributed by atoms with van der Waals surface area (Å²) in [6.45, 7) is 4.25. The Morgan fingerprint density at radius 2 is 1.48 bits per heavy atom. The van der Waals surface area contributed by atoms with Crippen molar-refractivity contribution in [1.82, 2.24) is 0 Å². The fraction of sp³-hybridized carbons (Fsp3) is 0.438. The number of aryl methyl sites for hydroxylation is 1. The van der Waals surface area contributed by atoms with Crippen molar-refractivity contribution in [3.63, 3.8) is 0 Å². The van der Waals surface area contributed by atoms with Crippen LogP contribution >= 0.6 is 0 Å². The van der Waals surface area contributed by atoms with Gasteiger partial charge in [-0.05, 0) is 49.6 Å². The van der Waals surface area contributed by atoms with Crippen molar-refractivity contribution in [1.29, 1.82) is 0 Å². The van der Waals surface area contributed by atoms with E-state index in [9.17, 15) is 49.1 Å². The molecule has 1 aromatic heterocycles. The average Bonchev–Trinajstić information content (AvgIpc) is 2.95. The molecule has 0 N–H and O–H groups in total. The van der Waals surface area contributed by atoms with E-state index in [2.05, 4.69) is 20.8 Å². The minimum atomic E-state index is -5.48. The van der Waals surface area contributed by atoms with Crippen LogP contribution < -0.4 is 10.4 Å². The Hall–Kier alpha value is -4.05. The molecule has 0 bridgehead atoms. The summed E-state index contributed by atoms with van der Waals surface area (Å²) in [6.07, 6.45) is -20.1. The zero-order valence-corrected chi connectivity index (χ0v) is 25.7. The second kappa shape index (κ2) is 15.4. The van der Waals surface area contributed by atoms with E-state index in [1.54, 1.807) is 0 Å².